The quantitative estimate of drug-likeness (QED) is 0.865. The molecule has 0 fully saturated rings. The molecular weight excluding hydrogens is 214 g/mol. The fourth-order valence-corrected chi connectivity index (χ4v) is 1.52. The predicted octanol–water partition coefficient (Wildman–Crippen LogP) is 1.61. The van der Waals surface area contributed by atoms with Crippen molar-refractivity contribution in [1.82, 2.24) is 14.8 Å². The summed E-state index contributed by atoms with van der Waals surface area (Å²) in [6.07, 6.45) is 3.46. The van der Waals surface area contributed by atoms with Crippen LogP contribution < -0.4 is 5.32 Å². The van der Waals surface area contributed by atoms with Crippen molar-refractivity contribution < 1.29 is 0 Å². The number of aryl methyl sites for hydroxylation is 1. The monoisotopic (exact) mass is 227 g/mol. The third-order valence-corrected chi connectivity index (χ3v) is 2.69. The molecule has 1 N–H and O–H groups in total. The third kappa shape index (κ3) is 2.42. The molecule has 0 aliphatic heterocycles. The SMILES string of the molecule is Cc1c(CNc2ccnc(C#N)c2)cnn1C. The summed E-state index contributed by atoms with van der Waals surface area (Å²) in [5, 5.41) is 16.2. The molecule has 0 bridgehead atoms. The van der Waals surface area contributed by atoms with Gasteiger partial charge in [-0.15, -0.1) is 0 Å². The van der Waals surface area contributed by atoms with Crippen LogP contribution in [-0.2, 0) is 13.6 Å². The van der Waals surface area contributed by atoms with Crippen molar-refractivity contribution in [3.8, 4) is 6.07 Å². The van der Waals surface area contributed by atoms with Crippen molar-refractivity contribution in [3.05, 3.63) is 41.5 Å². The average Bonchev–Trinajstić information content (AvgIpc) is 2.68. The summed E-state index contributed by atoms with van der Waals surface area (Å²) in [6.45, 7) is 2.71. The highest BCUT2D eigenvalue weighted by molar-refractivity contribution is 5.46. The lowest BCUT2D eigenvalue weighted by atomic mass is 10.2. The lowest BCUT2D eigenvalue weighted by Crippen LogP contribution is -2.02. The molecule has 0 aromatic carbocycles. The van der Waals surface area contributed by atoms with Gasteiger partial charge in [-0.25, -0.2) is 4.98 Å². The van der Waals surface area contributed by atoms with Crippen LogP contribution >= 0.6 is 0 Å². The van der Waals surface area contributed by atoms with Gasteiger partial charge in [-0.1, -0.05) is 0 Å². The molecule has 2 aromatic rings. The van der Waals surface area contributed by atoms with E-state index in [1.54, 1.807) is 12.3 Å². The van der Waals surface area contributed by atoms with Gasteiger partial charge in [0.05, 0.1) is 6.20 Å². The second-order valence-electron chi connectivity index (χ2n) is 3.77. The molecule has 86 valence electrons. The van der Waals surface area contributed by atoms with Gasteiger partial charge < -0.3 is 5.32 Å². The Morgan fingerprint density at radius 1 is 1.53 bits per heavy atom. The van der Waals surface area contributed by atoms with Crippen LogP contribution in [0, 0.1) is 18.3 Å². The molecule has 2 rings (SSSR count). The maximum atomic E-state index is 8.74. The topological polar surface area (TPSA) is 66.5 Å². The first kappa shape index (κ1) is 11.1. The molecule has 0 atom stereocenters. The van der Waals surface area contributed by atoms with Crippen LogP contribution in [0.1, 0.15) is 17.0 Å². The smallest absolute Gasteiger partial charge is 0.142 e. The van der Waals surface area contributed by atoms with E-state index in [2.05, 4.69) is 15.4 Å². The zero-order chi connectivity index (χ0) is 12.3. The fourth-order valence-electron chi connectivity index (χ4n) is 1.52. The molecule has 5 heteroatoms. The van der Waals surface area contributed by atoms with Gasteiger partial charge in [0.25, 0.3) is 0 Å². The number of anilines is 1. The number of hydrogen-bond donors (Lipinski definition) is 1. The zero-order valence-electron chi connectivity index (χ0n) is 9.81. The molecule has 0 spiro atoms. The Kier molecular flexibility index (Phi) is 3.06. The van der Waals surface area contributed by atoms with E-state index < -0.39 is 0 Å². The van der Waals surface area contributed by atoms with Gasteiger partial charge in [-0.05, 0) is 19.1 Å². The number of rotatable bonds is 3. The Hall–Kier alpha value is -2.35. The zero-order valence-corrected chi connectivity index (χ0v) is 9.81. The minimum atomic E-state index is 0.415. The molecule has 0 saturated carbocycles. The Morgan fingerprint density at radius 2 is 2.35 bits per heavy atom. The van der Waals surface area contributed by atoms with Gasteiger partial charge in [0.2, 0.25) is 0 Å². The first-order chi connectivity index (χ1) is 8.20. The summed E-state index contributed by atoms with van der Waals surface area (Å²) >= 11 is 0. The highest BCUT2D eigenvalue weighted by atomic mass is 15.3. The minimum absolute atomic E-state index is 0.415. The molecule has 2 heterocycles. The molecule has 5 nitrogen and oxygen atoms in total. The highest BCUT2D eigenvalue weighted by Crippen LogP contribution is 2.11. The van der Waals surface area contributed by atoms with Crippen molar-refractivity contribution in [2.24, 2.45) is 7.05 Å². The summed E-state index contributed by atoms with van der Waals surface area (Å²) in [4.78, 5) is 3.92. The van der Waals surface area contributed by atoms with Crippen molar-refractivity contribution in [2.45, 2.75) is 13.5 Å². The lowest BCUT2D eigenvalue weighted by molar-refractivity contribution is 0.738. The number of nitrogens with zero attached hydrogens (tertiary/aromatic N) is 4. The summed E-state index contributed by atoms with van der Waals surface area (Å²) in [6, 6.07) is 5.58. The van der Waals surface area contributed by atoms with E-state index >= 15 is 0 Å². The van der Waals surface area contributed by atoms with Crippen LogP contribution in [0.25, 0.3) is 0 Å². The third-order valence-electron chi connectivity index (χ3n) is 2.69. The van der Waals surface area contributed by atoms with Gasteiger partial charge in [0, 0.05) is 36.7 Å². The van der Waals surface area contributed by atoms with Gasteiger partial charge in [0.1, 0.15) is 11.8 Å². The number of pyridine rings is 1. The Labute approximate surface area is 99.7 Å². The van der Waals surface area contributed by atoms with Gasteiger partial charge in [-0.2, -0.15) is 10.4 Å². The lowest BCUT2D eigenvalue weighted by Gasteiger charge is -2.05. The first-order valence-electron chi connectivity index (χ1n) is 5.28. The van der Waals surface area contributed by atoms with E-state index in [4.69, 9.17) is 5.26 Å². The average molecular weight is 227 g/mol. The van der Waals surface area contributed by atoms with Crippen molar-refractivity contribution in [3.63, 3.8) is 0 Å². The predicted molar refractivity (Wildman–Crippen MR) is 64.2 cm³/mol. The Balaban J connectivity index is 2.07. The molecule has 17 heavy (non-hydrogen) atoms. The molecule has 0 radical (unpaired) electrons. The highest BCUT2D eigenvalue weighted by Gasteiger charge is 2.03. The number of aromatic nitrogens is 3. The van der Waals surface area contributed by atoms with Crippen molar-refractivity contribution in [1.29, 1.82) is 5.26 Å². The maximum Gasteiger partial charge on any atom is 0.142 e. The first-order valence-corrected chi connectivity index (χ1v) is 5.28. The van der Waals surface area contributed by atoms with E-state index in [-0.39, 0.29) is 0 Å². The standard InChI is InChI=1S/C12H13N5/c1-9-10(8-16-17(9)2)7-15-11-3-4-14-12(5-11)6-13/h3-5,8H,7H2,1-2H3,(H,14,15). The van der Waals surface area contributed by atoms with Crippen LogP contribution in [-0.4, -0.2) is 14.8 Å². The molecule has 0 aliphatic rings. The number of nitrogens with one attached hydrogen (secondary N) is 1. The molecule has 2 aromatic heterocycles. The van der Waals surface area contributed by atoms with Crippen molar-refractivity contribution >= 4 is 5.69 Å². The second kappa shape index (κ2) is 4.66. The summed E-state index contributed by atoms with van der Waals surface area (Å²) in [5.41, 5.74) is 3.58. The Morgan fingerprint density at radius 3 is 3.00 bits per heavy atom. The van der Waals surface area contributed by atoms with Crippen LogP contribution in [0.3, 0.4) is 0 Å². The fraction of sp³-hybridized carbons (Fsp3) is 0.250. The molecular formula is C12H13N5. The number of hydrogen-bond acceptors (Lipinski definition) is 4. The van der Waals surface area contributed by atoms with Crippen LogP contribution in [0.2, 0.25) is 0 Å². The van der Waals surface area contributed by atoms with E-state index in [9.17, 15) is 0 Å². The molecule has 0 amide bonds. The van der Waals surface area contributed by atoms with Crippen LogP contribution in [0.15, 0.2) is 24.5 Å². The minimum Gasteiger partial charge on any atom is -0.381 e. The normalized spacial score (nSPS) is 9.94. The van der Waals surface area contributed by atoms with E-state index in [0.717, 1.165) is 16.9 Å². The molecule has 0 unspecified atom stereocenters. The van der Waals surface area contributed by atoms with E-state index in [1.165, 1.54) is 0 Å². The summed E-state index contributed by atoms with van der Waals surface area (Å²) < 4.78 is 1.84. The molecule has 0 saturated heterocycles. The van der Waals surface area contributed by atoms with E-state index in [1.807, 2.05) is 37.0 Å². The summed E-state index contributed by atoms with van der Waals surface area (Å²) in [7, 11) is 1.92. The van der Waals surface area contributed by atoms with Gasteiger partial charge >= 0.3 is 0 Å². The largest absolute Gasteiger partial charge is 0.381 e. The van der Waals surface area contributed by atoms with E-state index in [0.29, 0.717) is 12.2 Å². The van der Waals surface area contributed by atoms with Gasteiger partial charge in [0.15, 0.2) is 0 Å². The van der Waals surface area contributed by atoms with Crippen LogP contribution in [0.4, 0.5) is 5.69 Å². The van der Waals surface area contributed by atoms with Gasteiger partial charge in [-0.3, -0.25) is 4.68 Å². The maximum absolute atomic E-state index is 8.74. The van der Waals surface area contributed by atoms with Crippen LogP contribution in [0.5, 0.6) is 0 Å². The van der Waals surface area contributed by atoms with Crippen molar-refractivity contribution in [2.75, 3.05) is 5.32 Å². The Bertz CT molecular complexity index is 565. The second-order valence-corrected chi connectivity index (χ2v) is 3.77. The molecule has 0 aliphatic carbocycles. The number of nitriles is 1. The summed E-state index contributed by atoms with van der Waals surface area (Å²) in [5.74, 6) is 0.